The monoisotopic (exact) mass is 188 g/mol. The second kappa shape index (κ2) is 2.95. The summed E-state index contributed by atoms with van der Waals surface area (Å²) in [5.74, 6) is -0.103. The van der Waals surface area contributed by atoms with E-state index in [1.54, 1.807) is 0 Å². The van der Waals surface area contributed by atoms with Crippen molar-refractivity contribution in [1.82, 2.24) is 0 Å². The zero-order chi connectivity index (χ0) is 9.41. The van der Waals surface area contributed by atoms with E-state index in [4.69, 9.17) is 4.74 Å². The molecule has 1 atom stereocenters. The van der Waals surface area contributed by atoms with Gasteiger partial charge in [-0.25, -0.2) is 0 Å². The Morgan fingerprint density at radius 3 is 2.50 bits per heavy atom. The number of esters is 1. The van der Waals surface area contributed by atoms with Crippen LogP contribution in [-0.2, 0) is 9.53 Å². The molecule has 0 N–H and O–H groups in total. The first-order valence-electron chi connectivity index (χ1n) is 4.27. The summed E-state index contributed by atoms with van der Waals surface area (Å²) in [7, 11) is 0. The molecule has 0 bridgehead atoms. The molecule has 0 spiro atoms. The van der Waals surface area contributed by atoms with Gasteiger partial charge in [-0.3, -0.25) is 4.79 Å². The molecule has 0 amide bonds. The van der Waals surface area contributed by atoms with Crippen LogP contribution in [0.1, 0.15) is 33.6 Å². The van der Waals surface area contributed by atoms with Crippen LogP contribution in [-0.4, -0.2) is 17.3 Å². The molecule has 12 heavy (non-hydrogen) atoms. The van der Waals surface area contributed by atoms with Crippen molar-refractivity contribution in [3.05, 3.63) is 0 Å². The molecular weight excluding hydrogens is 172 g/mol. The highest BCUT2D eigenvalue weighted by Gasteiger charge is 2.47. The molecule has 3 heteroatoms. The van der Waals surface area contributed by atoms with E-state index < -0.39 is 5.41 Å². The average molecular weight is 188 g/mol. The van der Waals surface area contributed by atoms with Crippen molar-refractivity contribution < 1.29 is 9.53 Å². The van der Waals surface area contributed by atoms with Gasteiger partial charge in [0.1, 0.15) is 0 Å². The third-order valence-corrected chi connectivity index (χ3v) is 3.35. The maximum atomic E-state index is 11.5. The molecule has 1 heterocycles. The van der Waals surface area contributed by atoms with Gasteiger partial charge >= 0.3 is 5.97 Å². The van der Waals surface area contributed by atoms with E-state index in [0.717, 1.165) is 12.8 Å². The Labute approximate surface area is 79.1 Å². The summed E-state index contributed by atoms with van der Waals surface area (Å²) in [5.41, 5.74) is -0.422. The lowest BCUT2D eigenvalue weighted by Crippen LogP contribution is -2.47. The van der Waals surface area contributed by atoms with Crippen LogP contribution >= 0.6 is 12.6 Å². The highest BCUT2D eigenvalue weighted by Crippen LogP contribution is 2.43. The Bertz CT molecular complexity index is 195. The molecule has 1 fully saturated rings. The molecule has 0 radical (unpaired) electrons. The fourth-order valence-electron chi connectivity index (χ4n) is 1.41. The second-order valence-electron chi connectivity index (χ2n) is 4.13. The lowest BCUT2D eigenvalue weighted by atomic mass is 9.74. The van der Waals surface area contributed by atoms with Crippen molar-refractivity contribution in [3.63, 3.8) is 0 Å². The number of thiol groups is 1. The topological polar surface area (TPSA) is 26.3 Å². The van der Waals surface area contributed by atoms with Crippen LogP contribution in [0.5, 0.6) is 0 Å². The zero-order valence-corrected chi connectivity index (χ0v) is 8.78. The molecule has 0 aromatic heterocycles. The Morgan fingerprint density at radius 1 is 1.58 bits per heavy atom. The summed E-state index contributed by atoms with van der Waals surface area (Å²) in [4.78, 5) is 11.5. The summed E-state index contributed by atoms with van der Waals surface area (Å²) in [6.07, 6.45) is 1.83. The molecule has 0 aliphatic carbocycles. The second-order valence-corrected chi connectivity index (χ2v) is 5.25. The number of rotatable bonds is 1. The molecule has 1 aliphatic heterocycles. The van der Waals surface area contributed by atoms with Crippen molar-refractivity contribution in [1.29, 1.82) is 0 Å². The van der Waals surface area contributed by atoms with Gasteiger partial charge in [0.15, 0.2) is 0 Å². The maximum absolute atomic E-state index is 11.5. The third-order valence-electron chi connectivity index (χ3n) is 2.86. The minimum Gasteiger partial charge on any atom is -0.465 e. The van der Waals surface area contributed by atoms with Gasteiger partial charge < -0.3 is 4.74 Å². The van der Waals surface area contributed by atoms with Gasteiger partial charge in [-0.15, -0.1) is 0 Å². The van der Waals surface area contributed by atoms with E-state index in [0.29, 0.717) is 6.61 Å². The minimum absolute atomic E-state index is 0.103. The highest BCUT2D eigenvalue weighted by molar-refractivity contribution is 7.81. The van der Waals surface area contributed by atoms with E-state index in [1.807, 2.05) is 20.8 Å². The van der Waals surface area contributed by atoms with Crippen molar-refractivity contribution in [3.8, 4) is 0 Å². The van der Waals surface area contributed by atoms with E-state index in [9.17, 15) is 4.79 Å². The highest BCUT2D eigenvalue weighted by atomic mass is 32.1. The summed E-state index contributed by atoms with van der Waals surface area (Å²) in [6.45, 7) is 6.42. The van der Waals surface area contributed by atoms with Crippen LogP contribution in [0.25, 0.3) is 0 Å². The fraction of sp³-hybridized carbons (Fsp3) is 0.889. The SMILES string of the molecule is CC(C)(S)C1(C)CCCOC1=O. The Balaban J connectivity index is 2.87. The average Bonchev–Trinajstić information content (AvgIpc) is 1.93. The lowest BCUT2D eigenvalue weighted by Gasteiger charge is -2.41. The summed E-state index contributed by atoms with van der Waals surface area (Å²) in [5, 5.41) is 0. The van der Waals surface area contributed by atoms with Crippen molar-refractivity contribution in [2.45, 2.75) is 38.4 Å². The Kier molecular flexibility index (Phi) is 2.43. The van der Waals surface area contributed by atoms with E-state index in [1.165, 1.54) is 0 Å². The molecule has 0 aromatic rings. The number of hydrogen-bond donors (Lipinski definition) is 1. The van der Waals surface area contributed by atoms with Crippen LogP contribution < -0.4 is 0 Å². The lowest BCUT2D eigenvalue weighted by molar-refractivity contribution is -0.162. The largest absolute Gasteiger partial charge is 0.465 e. The normalized spacial score (nSPS) is 31.5. The summed E-state index contributed by atoms with van der Waals surface area (Å²) in [6, 6.07) is 0. The van der Waals surface area contributed by atoms with Crippen molar-refractivity contribution in [2.24, 2.45) is 5.41 Å². The standard InChI is InChI=1S/C9H16O2S/c1-8(2,12)9(3)5-4-6-11-7(9)10/h12H,4-6H2,1-3H3. The van der Waals surface area contributed by atoms with Crippen LogP contribution in [0.15, 0.2) is 0 Å². The Hall–Kier alpha value is -0.180. The van der Waals surface area contributed by atoms with E-state index in [-0.39, 0.29) is 10.7 Å². The maximum Gasteiger partial charge on any atom is 0.313 e. The molecule has 2 nitrogen and oxygen atoms in total. The first-order valence-corrected chi connectivity index (χ1v) is 4.72. The number of ether oxygens (including phenoxy) is 1. The van der Waals surface area contributed by atoms with Gasteiger partial charge in [-0.2, -0.15) is 12.6 Å². The van der Waals surface area contributed by atoms with Gasteiger partial charge in [0, 0.05) is 4.75 Å². The van der Waals surface area contributed by atoms with Crippen molar-refractivity contribution in [2.75, 3.05) is 6.61 Å². The third kappa shape index (κ3) is 1.47. The number of carbonyl (C=O) groups is 1. The smallest absolute Gasteiger partial charge is 0.313 e. The Morgan fingerprint density at radius 2 is 2.17 bits per heavy atom. The number of hydrogen-bond acceptors (Lipinski definition) is 3. The molecule has 1 aliphatic rings. The molecule has 1 rings (SSSR count). The van der Waals surface area contributed by atoms with Gasteiger partial charge in [-0.05, 0) is 33.6 Å². The first kappa shape index (κ1) is 9.90. The van der Waals surface area contributed by atoms with Crippen molar-refractivity contribution >= 4 is 18.6 Å². The van der Waals surface area contributed by atoms with E-state index >= 15 is 0 Å². The van der Waals surface area contributed by atoms with Gasteiger partial charge in [0.25, 0.3) is 0 Å². The molecular formula is C9H16O2S. The van der Waals surface area contributed by atoms with Crippen LogP contribution in [0, 0.1) is 5.41 Å². The molecule has 1 saturated heterocycles. The zero-order valence-electron chi connectivity index (χ0n) is 7.89. The van der Waals surface area contributed by atoms with E-state index in [2.05, 4.69) is 12.6 Å². The predicted molar refractivity (Wildman–Crippen MR) is 51.4 cm³/mol. The molecule has 0 saturated carbocycles. The predicted octanol–water partition coefficient (Wildman–Crippen LogP) is 2.04. The molecule has 70 valence electrons. The first-order chi connectivity index (χ1) is 5.38. The summed E-state index contributed by atoms with van der Waals surface area (Å²) >= 11 is 4.44. The van der Waals surface area contributed by atoms with Gasteiger partial charge in [0.05, 0.1) is 12.0 Å². The fourth-order valence-corrected chi connectivity index (χ4v) is 1.61. The minimum atomic E-state index is -0.422. The summed E-state index contributed by atoms with van der Waals surface area (Å²) < 4.78 is 4.73. The molecule has 1 unspecified atom stereocenters. The van der Waals surface area contributed by atoms with Crippen LogP contribution in [0.4, 0.5) is 0 Å². The van der Waals surface area contributed by atoms with Gasteiger partial charge in [-0.1, -0.05) is 0 Å². The number of carbonyl (C=O) groups excluding carboxylic acids is 1. The quantitative estimate of drug-likeness (QED) is 0.503. The van der Waals surface area contributed by atoms with Crippen LogP contribution in [0.3, 0.4) is 0 Å². The van der Waals surface area contributed by atoms with Gasteiger partial charge in [0.2, 0.25) is 0 Å². The number of cyclic esters (lactones) is 1. The van der Waals surface area contributed by atoms with Crippen LogP contribution in [0.2, 0.25) is 0 Å². The molecule has 0 aromatic carbocycles.